The first-order valence-electron chi connectivity index (χ1n) is 10.4. The van der Waals surface area contributed by atoms with Crippen molar-refractivity contribution in [3.8, 4) is 11.5 Å². The van der Waals surface area contributed by atoms with E-state index in [0.717, 1.165) is 14.5 Å². The van der Waals surface area contributed by atoms with Crippen LogP contribution in [-0.2, 0) is 0 Å². The molecule has 0 bridgehead atoms. The van der Waals surface area contributed by atoms with Crippen LogP contribution in [0.5, 0.6) is 0 Å². The van der Waals surface area contributed by atoms with Crippen molar-refractivity contribution in [2.24, 2.45) is 0 Å². The molecule has 1 nitrogen and oxygen atoms in total. The van der Waals surface area contributed by atoms with E-state index in [4.69, 9.17) is 0 Å². The highest BCUT2D eigenvalue weighted by molar-refractivity contribution is 9.10. The van der Waals surface area contributed by atoms with Crippen LogP contribution in [0.2, 0.25) is 16.6 Å². The summed E-state index contributed by atoms with van der Waals surface area (Å²) < 4.78 is 1.94. The zero-order valence-corrected chi connectivity index (χ0v) is 22.8. The molecule has 0 spiro atoms. The van der Waals surface area contributed by atoms with Gasteiger partial charge in [0.05, 0.1) is 0 Å². The Balaban J connectivity index is 2.59. The molecule has 4 heteroatoms. The number of benzene rings is 2. The van der Waals surface area contributed by atoms with Crippen LogP contribution in [-0.4, -0.2) is 13.9 Å². The topological polar surface area (TPSA) is 17.1 Å². The highest BCUT2D eigenvalue weighted by Crippen LogP contribution is 2.40. The van der Waals surface area contributed by atoms with Crippen LogP contribution in [0.15, 0.2) is 63.6 Å². The molecule has 2 aromatic rings. The predicted molar refractivity (Wildman–Crippen MR) is 139 cm³/mol. The lowest BCUT2D eigenvalue weighted by Gasteiger charge is -2.38. The minimum absolute atomic E-state index is 0.00923. The smallest absolute Gasteiger partial charge is 0.194 e. The molecule has 0 amide bonds. The molecule has 0 atom stereocenters. The molecule has 0 aliphatic carbocycles. The maximum absolute atomic E-state index is 13.3. The average molecular weight is 546 g/mol. The number of allylic oxidation sites excluding steroid dienone is 2. The SMILES string of the molecule is CC(C)[Si](C#C/C=C(/C(=O)c1ccc(Br)cc1)c1ccc(Br)cc1)(C(C)C)C(C)C. The van der Waals surface area contributed by atoms with Crippen molar-refractivity contribution >= 4 is 51.3 Å². The van der Waals surface area contributed by atoms with Gasteiger partial charge in [0, 0.05) is 20.1 Å². The molecule has 0 saturated heterocycles. The summed E-state index contributed by atoms with van der Waals surface area (Å²) in [5.74, 6) is 3.34. The molecule has 0 heterocycles. The Morgan fingerprint density at radius 2 is 1.17 bits per heavy atom. The maximum atomic E-state index is 13.3. The second-order valence-electron chi connectivity index (χ2n) is 8.57. The van der Waals surface area contributed by atoms with Crippen molar-refractivity contribution in [2.45, 2.75) is 58.2 Å². The second kappa shape index (κ2) is 10.8. The molecule has 0 radical (unpaired) electrons. The number of rotatable bonds is 6. The van der Waals surface area contributed by atoms with Gasteiger partial charge in [0.25, 0.3) is 0 Å². The van der Waals surface area contributed by atoms with E-state index in [1.165, 1.54) is 0 Å². The summed E-state index contributed by atoms with van der Waals surface area (Å²) in [6, 6.07) is 15.3. The van der Waals surface area contributed by atoms with Gasteiger partial charge in [-0.3, -0.25) is 4.79 Å². The minimum atomic E-state index is -1.86. The summed E-state index contributed by atoms with van der Waals surface area (Å²) in [4.78, 5) is 13.3. The largest absolute Gasteiger partial charge is 0.289 e. The van der Waals surface area contributed by atoms with Crippen LogP contribution >= 0.6 is 31.9 Å². The van der Waals surface area contributed by atoms with Crippen molar-refractivity contribution in [3.05, 3.63) is 74.7 Å². The van der Waals surface area contributed by atoms with Crippen molar-refractivity contribution in [2.75, 3.05) is 0 Å². The summed E-state index contributed by atoms with van der Waals surface area (Å²) in [6.45, 7) is 13.8. The minimum Gasteiger partial charge on any atom is -0.289 e. The number of Topliss-reactive ketones (excluding diaryl/α,β-unsaturated/α-hetero) is 1. The van der Waals surface area contributed by atoms with Crippen molar-refractivity contribution in [1.82, 2.24) is 0 Å². The maximum Gasteiger partial charge on any atom is 0.194 e. The number of carbonyl (C=O) groups excluding carboxylic acids is 1. The van der Waals surface area contributed by atoms with Gasteiger partial charge in [-0.25, -0.2) is 0 Å². The summed E-state index contributed by atoms with van der Waals surface area (Å²) in [7, 11) is -1.86. The molecule has 0 aliphatic rings. The lowest BCUT2D eigenvalue weighted by Crippen LogP contribution is -2.43. The van der Waals surface area contributed by atoms with E-state index in [1.807, 2.05) is 54.6 Å². The van der Waals surface area contributed by atoms with Crippen molar-refractivity contribution in [1.29, 1.82) is 0 Å². The van der Waals surface area contributed by atoms with E-state index < -0.39 is 8.07 Å². The van der Waals surface area contributed by atoms with Crippen LogP contribution in [0.3, 0.4) is 0 Å². The highest BCUT2D eigenvalue weighted by atomic mass is 79.9. The molecule has 2 rings (SSSR count). The third-order valence-corrected chi connectivity index (χ3v) is 13.2. The van der Waals surface area contributed by atoms with Gasteiger partial charge in [-0.2, -0.15) is 0 Å². The van der Waals surface area contributed by atoms with Gasteiger partial charge < -0.3 is 0 Å². The molecule has 0 aliphatic heterocycles. The first kappa shape index (κ1) is 24.9. The first-order chi connectivity index (χ1) is 14.1. The van der Waals surface area contributed by atoms with Gasteiger partial charge in [-0.15, -0.1) is 5.54 Å². The highest BCUT2D eigenvalue weighted by Gasteiger charge is 2.41. The lowest BCUT2D eigenvalue weighted by atomic mass is 9.96. The Bertz CT molecular complexity index is 937. The zero-order chi connectivity index (χ0) is 22.5. The fourth-order valence-corrected chi connectivity index (χ4v) is 10.0. The van der Waals surface area contributed by atoms with Gasteiger partial charge in [-0.05, 0) is 64.7 Å². The summed E-state index contributed by atoms with van der Waals surface area (Å²) >= 11 is 6.92. The number of hydrogen-bond donors (Lipinski definition) is 0. The standard InChI is InChI=1S/C26H30Br2OSi/c1-18(2)30(19(3)4,20(5)6)17-7-8-25(21-9-13-23(27)14-10-21)26(29)22-11-15-24(28)16-12-22/h8-16,18-20H,1-6H3/b25-8+. The molecule has 0 saturated carbocycles. The zero-order valence-electron chi connectivity index (χ0n) is 18.6. The molecule has 0 unspecified atom stereocenters. The Hall–Kier alpha value is -1.41. The van der Waals surface area contributed by atoms with Gasteiger partial charge >= 0.3 is 0 Å². The van der Waals surface area contributed by atoms with Gasteiger partial charge in [0.1, 0.15) is 8.07 Å². The third-order valence-electron chi connectivity index (χ3n) is 5.88. The van der Waals surface area contributed by atoms with Gasteiger partial charge in [0.15, 0.2) is 5.78 Å². The van der Waals surface area contributed by atoms with Crippen LogP contribution in [0.25, 0.3) is 5.57 Å². The van der Waals surface area contributed by atoms with Crippen LogP contribution in [0.1, 0.15) is 57.5 Å². The Labute approximate surface area is 199 Å². The average Bonchev–Trinajstić information content (AvgIpc) is 2.68. The summed E-state index contributed by atoms with van der Waals surface area (Å²) in [5, 5.41) is 0. The molecule has 0 N–H and O–H groups in total. The Morgan fingerprint density at radius 1 is 0.767 bits per heavy atom. The van der Waals surface area contributed by atoms with E-state index in [9.17, 15) is 4.79 Å². The van der Waals surface area contributed by atoms with E-state index in [-0.39, 0.29) is 5.78 Å². The van der Waals surface area contributed by atoms with E-state index >= 15 is 0 Å². The molecule has 0 aromatic heterocycles. The quantitative estimate of drug-likeness (QED) is 0.153. The predicted octanol–water partition coefficient (Wildman–Crippen LogP) is 8.70. The molecule has 2 aromatic carbocycles. The van der Waals surface area contributed by atoms with E-state index in [2.05, 4.69) is 84.9 Å². The fourth-order valence-electron chi connectivity index (χ4n) is 4.33. The molecule has 0 fully saturated rings. The molecular weight excluding hydrogens is 516 g/mol. The van der Waals surface area contributed by atoms with Crippen molar-refractivity contribution < 1.29 is 4.79 Å². The van der Waals surface area contributed by atoms with Gasteiger partial charge in [-0.1, -0.05) is 91.5 Å². The summed E-state index contributed by atoms with van der Waals surface area (Å²) in [5.41, 5.74) is 7.54. The van der Waals surface area contributed by atoms with E-state index in [1.54, 1.807) is 0 Å². The first-order valence-corrected chi connectivity index (χ1v) is 14.2. The Morgan fingerprint density at radius 3 is 1.57 bits per heavy atom. The normalized spacial score (nSPS) is 12.3. The number of hydrogen-bond acceptors (Lipinski definition) is 1. The van der Waals surface area contributed by atoms with E-state index in [0.29, 0.717) is 27.8 Å². The monoisotopic (exact) mass is 544 g/mol. The number of ketones is 1. The summed E-state index contributed by atoms with van der Waals surface area (Å²) in [6.07, 6.45) is 1.84. The molecular formula is C26H30Br2OSi. The lowest BCUT2D eigenvalue weighted by molar-refractivity contribution is 0.105. The number of halogens is 2. The fraction of sp³-hybridized carbons (Fsp3) is 0.346. The van der Waals surface area contributed by atoms with Crippen LogP contribution < -0.4 is 0 Å². The molecule has 158 valence electrons. The van der Waals surface area contributed by atoms with Gasteiger partial charge in [0.2, 0.25) is 0 Å². The van der Waals surface area contributed by atoms with Crippen LogP contribution in [0.4, 0.5) is 0 Å². The third kappa shape index (κ3) is 5.63. The van der Waals surface area contributed by atoms with Crippen molar-refractivity contribution in [3.63, 3.8) is 0 Å². The molecule has 30 heavy (non-hydrogen) atoms. The number of carbonyl (C=O) groups is 1. The van der Waals surface area contributed by atoms with Crippen LogP contribution in [0, 0.1) is 11.5 Å². The Kier molecular flexibility index (Phi) is 8.91. The second-order valence-corrected chi connectivity index (χ2v) is 16.0.